The molecule has 1 amide bonds. The first-order valence-corrected chi connectivity index (χ1v) is 11.4. The van der Waals surface area contributed by atoms with Crippen LogP contribution in [-0.4, -0.2) is 43.5 Å². The summed E-state index contributed by atoms with van der Waals surface area (Å²) in [5.41, 5.74) is 5.83. The number of primary amides is 1. The van der Waals surface area contributed by atoms with Gasteiger partial charge in [0.25, 0.3) is 0 Å². The first kappa shape index (κ1) is 22.8. The molecule has 2 fully saturated rings. The highest BCUT2D eigenvalue weighted by molar-refractivity contribution is 6.30. The van der Waals surface area contributed by atoms with Crippen molar-refractivity contribution in [2.75, 3.05) is 37.6 Å². The molecule has 0 spiro atoms. The van der Waals surface area contributed by atoms with Crippen LogP contribution in [0.2, 0.25) is 5.02 Å². The van der Waals surface area contributed by atoms with Gasteiger partial charge in [0.15, 0.2) is 0 Å². The first-order valence-electron chi connectivity index (χ1n) is 11.1. The number of benzene rings is 1. The number of carbonyl (C=O) groups excluding carboxylic acids is 1. The Morgan fingerprint density at radius 3 is 2.57 bits per heavy atom. The van der Waals surface area contributed by atoms with Gasteiger partial charge < -0.3 is 10.6 Å². The number of anilines is 1. The quantitative estimate of drug-likeness (QED) is 0.665. The van der Waals surface area contributed by atoms with Crippen molar-refractivity contribution in [3.63, 3.8) is 0 Å². The number of nitrogens with zero attached hydrogens (tertiary/aromatic N) is 3. The molecule has 1 saturated heterocycles. The van der Waals surface area contributed by atoms with Crippen LogP contribution >= 0.6 is 11.6 Å². The molecule has 30 heavy (non-hydrogen) atoms. The number of piperazine rings is 1. The van der Waals surface area contributed by atoms with Gasteiger partial charge >= 0.3 is 0 Å². The average Bonchev–Trinajstić information content (AvgIpc) is 2.75. The molecule has 1 aromatic rings. The van der Waals surface area contributed by atoms with Crippen molar-refractivity contribution in [2.24, 2.45) is 23.5 Å². The fraction of sp³-hybridized carbons (Fsp3) is 0.652. The zero-order valence-electron chi connectivity index (χ0n) is 17.5. The van der Waals surface area contributed by atoms with E-state index in [2.05, 4.69) is 15.9 Å². The summed E-state index contributed by atoms with van der Waals surface area (Å²) in [6.07, 6.45) is 6.55. The minimum absolute atomic E-state index is 0.0431. The van der Waals surface area contributed by atoms with Crippen LogP contribution in [-0.2, 0) is 4.79 Å². The molecule has 3 rings (SSSR count). The Morgan fingerprint density at radius 2 is 1.93 bits per heavy atom. The maximum Gasteiger partial charge on any atom is 0.217 e. The van der Waals surface area contributed by atoms with E-state index in [1.54, 1.807) is 12.1 Å². The lowest BCUT2D eigenvalue weighted by molar-refractivity contribution is -0.118. The third kappa shape index (κ3) is 6.33. The summed E-state index contributed by atoms with van der Waals surface area (Å²) in [6, 6.07) is 7.13. The van der Waals surface area contributed by atoms with E-state index in [1.165, 1.54) is 12.5 Å². The molecule has 1 heterocycles. The van der Waals surface area contributed by atoms with Crippen LogP contribution in [0, 0.1) is 34.9 Å². The number of rotatable bonds is 8. The molecule has 1 aromatic carbocycles. The zero-order chi connectivity index (χ0) is 21.5. The standard InChI is InChI=1S/C23H32ClFN4O/c24-20-6-7-21(25)22(15-20)29-13-11-28(12-14-29)10-9-17-1-3-18(4-2-17)19(16-26)5-8-23(27)30/h6-7,15,17-19H,1-5,8-14H2,(H2,27,30). The minimum atomic E-state index is -0.317. The third-order valence-electron chi connectivity index (χ3n) is 6.80. The summed E-state index contributed by atoms with van der Waals surface area (Å²) in [5, 5.41) is 9.99. The molecule has 0 radical (unpaired) electrons. The van der Waals surface area contributed by atoms with Crippen LogP contribution in [0.25, 0.3) is 0 Å². The van der Waals surface area contributed by atoms with Gasteiger partial charge in [0.1, 0.15) is 5.82 Å². The number of carbonyl (C=O) groups is 1. The summed E-state index contributed by atoms with van der Waals surface area (Å²) in [4.78, 5) is 15.6. The van der Waals surface area contributed by atoms with Crippen LogP contribution < -0.4 is 10.6 Å². The van der Waals surface area contributed by atoms with Gasteiger partial charge in [0.05, 0.1) is 11.8 Å². The summed E-state index contributed by atoms with van der Waals surface area (Å²) >= 11 is 6.03. The van der Waals surface area contributed by atoms with E-state index in [4.69, 9.17) is 17.3 Å². The van der Waals surface area contributed by atoms with E-state index in [0.717, 1.165) is 58.4 Å². The van der Waals surface area contributed by atoms with E-state index >= 15 is 0 Å². The largest absolute Gasteiger partial charge is 0.370 e. The molecule has 1 unspecified atom stereocenters. The summed E-state index contributed by atoms with van der Waals surface area (Å²) in [6.45, 7) is 4.57. The van der Waals surface area contributed by atoms with Crippen LogP contribution in [0.1, 0.15) is 44.9 Å². The Labute approximate surface area is 184 Å². The second kappa shape index (κ2) is 11.0. The minimum Gasteiger partial charge on any atom is -0.370 e. The highest BCUT2D eigenvalue weighted by Crippen LogP contribution is 2.36. The van der Waals surface area contributed by atoms with Gasteiger partial charge in [-0.2, -0.15) is 5.26 Å². The van der Waals surface area contributed by atoms with Gasteiger partial charge in [-0.3, -0.25) is 9.69 Å². The molecule has 5 nitrogen and oxygen atoms in total. The van der Waals surface area contributed by atoms with Crippen molar-refractivity contribution < 1.29 is 9.18 Å². The molecular formula is C23H32ClFN4O. The highest BCUT2D eigenvalue weighted by atomic mass is 35.5. The number of hydrogen-bond donors (Lipinski definition) is 1. The van der Waals surface area contributed by atoms with Crippen LogP contribution in [0.15, 0.2) is 18.2 Å². The monoisotopic (exact) mass is 434 g/mol. The number of hydrogen-bond acceptors (Lipinski definition) is 4. The molecule has 1 aliphatic heterocycles. The van der Waals surface area contributed by atoms with Crippen molar-refractivity contribution in [3.8, 4) is 6.07 Å². The molecule has 7 heteroatoms. The highest BCUT2D eigenvalue weighted by Gasteiger charge is 2.28. The predicted octanol–water partition coefficient (Wildman–Crippen LogP) is 4.20. The van der Waals surface area contributed by atoms with Crippen LogP contribution in [0.4, 0.5) is 10.1 Å². The molecule has 2 aliphatic rings. The van der Waals surface area contributed by atoms with Gasteiger partial charge in [0, 0.05) is 43.5 Å². The Hall–Kier alpha value is -1.84. The second-order valence-electron chi connectivity index (χ2n) is 8.73. The molecule has 0 bridgehead atoms. The maximum absolute atomic E-state index is 14.1. The Morgan fingerprint density at radius 1 is 1.23 bits per heavy atom. The third-order valence-corrected chi connectivity index (χ3v) is 7.04. The smallest absolute Gasteiger partial charge is 0.217 e. The molecule has 1 atom stereocenters. The van der Waals surface area contributed by atoms with E-state index in [0.29, 0.717) is 35.4 Å². The Balaban J connectivity index is 1.37. The van der Waals surface area contributed by atoms with Crippen molar-refractivity contribution >= 4 is 23.2 Å². The lowest BCUT2D eigenvalue weighted by Crippen LogP contribution is -2.47. The van der Waals surface area contributed by atoms with E-state index in [9.17, 15) is 14.4 Å². The van der Waals surface area contributed by atoms with Crippen molar-refractivity contribution in [1.29, 1.82) is 5.26 Å². The Bertz CT molecular complexity index is 752. The fourth-order valence-electron chi connectivity index (χ4n) is 4.89. The van der Waals surface area contributed by atoms with Crippen LogP contribution in [0.3, 0.4) is 0 Å². The number of nitrogens with two attached hydrogens (primary N) is 1. The molecule has 2 N–H and O–H groups in total. The number of nitriles is 1. The van der Waals surface area contributed by atoms with E-state index < -0.39 is 0 Å². The number of halogens is 2. The van der Waals surface area contributed by atoms with Gasteiger partial charge in [-0.15, -0.1) is 0 Å². The van der Waals surface area contributed by atoms with E-state index in [-0.39, 0.29) is 17.6 Å². The topological polar surface area (TPSA) is 73.4 Å². The normalized spacial score (nSPS) is 23.7. The lowest BCUT2D eigenvalue weighted by Gasteiger charge is -2.37. The van der Waals surface area contributed by atoms with Crippen LogP contribution in [0.5, 0.6) is 0 Å². The van der Waals surface area contributed by atoms with Gasteiger partial charge in [0.2, 0.25) is 5.91 Å². The van der Waals surface area contributed by atoms with Crippen molar-refractivity contribution in [3.05, 3.63) is 29.0 Å². The van der Waals surface area contributed by atoms with Crippen molar-refractivity contribution in [2.45, 2.75) is 44.9 Å². The second-order valence-corrected chi connectivity index (χ2v) is 9.17. The summed E-state index contributed by atoms with van der Waals surface area (Å²) < 4.78 is 14.1. The predicted molar refractivity (Wildman–Crippen MR) is 118 cm³/mol. The van der Waals surface area contributed by atoms with E-state index in [1.807, 2.05) is 0 Å². The van der Waals surface area contributed by atoms with Gasteiger partial charge in [-0.25, -0.2) is 4.39 Å². The average molecular weight is 435 g/mol. The Kier molecular flexibility index (Phi) is 8.35. The fourth-order valence-corrected chi connectivity index (χ4v) is 5.05. The summed E-state index contributed by atoms with van der Waals surface area (Å²) in [7, 11) is 0. The maximum atomic E-state index is 14.1. The van der Waals surface area contributed by atoms with Crippen molar-refractivity contribution in [1.82, 2.24) is 4.90 Å². The zero-order valence-corrected chi connectivity index (χ0v) is 18.3. The summed E-state index contributed by atoms with van der Waals surface area (Å²) in [5.74, 6) is 0.540. The molecule has 0 aromatic heterocycles. The van der Waals surface area contributed by atoms with Gasteiger partial charge in [-0.1, -0.05) is 24.4 Å². The molecule has 164 valence electrons. The molecule has 1 saturated carbocycles. The first-order chi connectivity index (χ1) is 14.5. The molecule has 1 aliphatic carbocycles. The van der Waals surface area contributed by atoms with Gasteiger partial charge in [-0.05, 0) is 62.3 Å². The molecular weight excluding hydrogens is 403 g/mol. The lowest BCUT2D eigenvalue weighted by atomic mass is 9.74. The SMILES string of the molecule is N#CC(CCC(N)=O)C1CCC(CCN2CCN(c3cc(Cl)ccc3F)CC2)CC1. The number of amides is 1.